The first-order valence-electron chi connectivity index (χ1n) is 11.7. The van der Waals surface area contributed by atoms with Gasteiger partial charge in [-0.25, -0.2) is 18.0 Å². The Morgan fingerprint density at radius 2 is 1.67 bits per heavy atom. The van der Waals surface area contributed by atoms with Gasteiger partial charge in [-0.05, 0) is 53.9 Å². The fourth-order valence-electron chi connectivity index (χ4n) is 4.57. The van der Waals surface area contributed by atoms with Crippen molar-refractivity contribution < 1.29 is 27.5 Å². The average Bonchev–Trinajstić information content (AvgIpc) is 2.84. The Kier molecular flexibility index (Phi) is 7.33. The molecule has 1 unspecified atom stereocenters. The molecule has 1 N–H and O–H groups in total. The molecule has 0 bridgehead atoms. The van der Waals surface area contributed by atoms with Crippen LogP contribution in [-0.2, 0) is 15.1 Å². The van der Waals surface area contributed by atoms with E-state index in [4.69, 9.17) is 4.74 Å². The van der Waals surface area contributed by atoms with E-state index in [9.17, 15) is 22.8 Å². The number of nitrogens with zero attached hydrogens (tertiary/aromatic N) is 1. The number of nitrogens with one attached hydrogen (secondary N) is 1. The molecule has 188 valence electrons. The number of cyclic esters (lactones) is 1. The topological polar surface area (TPSA) is 58.6 Å². The van der Waals surface area contributed by atoms with Crippen LogP contribution in [0.2, 0.25) is 0 Å². The van der Waals surface area contributed by atoms with E-state index in [0.717, 1.165) is 0 Å². The number of carbonyl (C=O) groups is 2. The number of rotatable bonds is 7. The van der Waals surface area contributed by atoms with Crippen molar-refractivity contribution >= 4 is 12.0 Å². The van der Waals surface area contributed by atoms with Crippen LogP contribution < -0.4 is 5.32 Å². The maximum absolute atomic E-state index is 14.9. The van der Waals surface area contributed by atoms with Gasteiger partial charge in [0.05, 0.1) is 6.04 Å². The first kappa shape index (κ1) is 25.3. The molecule has 3 aromatic carbocycles. The summed E-state index contributed by atoms with van der Waals surface area (Å²) in [6.07, 6.45) is 0.154. The fraction of sp³-hybridized carbons (Fsp3) is 0.286. The molecule has 4 rings (SSSR count). The molecule has 0 aromatic heterocycles. The highest BCUT2D eigenvalue weighted by Gasteiger charge is 2.43. The molecule has 1 fully saturated rings. The third kappa shape index (κ3) is 5.37. The quantitative estimate of drug-likeness (QED) is 0.430. The molecule has 1 saturated heterocycles. The second kappa shape index (κ2) is 10.4. The van der Waals surface area contributed by atoms with Gasteiger partial charge in [-0.3, -0.25) is 4.79 Å². The minimum absolute atomic E-state index is 0.201. The Hall–Kier alpha value is -3.81. The van der Waals surface area contributed by atoms with Crippen molar-refractivity contribution in [1.82, 2.24) is 10.2 Å². The van der Waals surface area contributed by atoms with E-state index in [2.05, 4.69) is 5.32 Å². The predicted molar refractivity (Wildman–Crippen MR) is 129 cm³/mol. The summed E-state index contributed by atoms with van der Waals surface area (Å²) in [5.41, 5.74) is 1.09. The number of carbonyl (C=O) groups excluding carboxylic acids is 2. The second-order valence-corrected chi connectivity index (χ2v) is 8.97. The van der Waals surface area contributed by atoms with Crippen LogP contribution >= 0.6 is 0 Å². The van der Waals surface area contributed by atoms with Gasteiger partial charge in [0.25, 0.3) is 0 Å². The average molecular weight is 497 g/mol. The maximum Gasteiger partial charge on any atom is 0.411 e. The van der Waals surface area contributed by atoms with E-state index in [1.807, 2.05) is 0 Å². The molecule has 3 aromatic rings. The Balaban J connectivity index is 1.53. The Morgan fingerprint density at radius 1 is 1.03 bits per heavy atom. The summed E-state index contributed by atoms with van der Waals surface area (Å²) < 4.78 is 47.7. The van der Waals surface area contributed by atoms with Crippen LogP contribution in [0.25, 0.3) is 11.1 Å². The molecule has 1 heterocycles. The van der Waals surface area contributed by atoms with E-state index in [-0.39, 0.29) is 12.5 Å². The number of benzene rings is 3. The number of amides is 2. The van der Waals surface area contributed by atoms with Gasteiger partial charge in [-0.1, -0.05) is 36.4 Å². The molecule has 0 aliphatic carbocycles. The zero-order valence-corrected chi connectivity index (χ0v) is 20.1. The Labute approximate surface area is 207 Å². The van der Waals surface area contributed by atoms with Crippen molar-refractivity contribution in [2.24, 2.45) is 0 Å². The number of ether oxygens (including phenoxy) is 1. The van der Waals surface area contributed by atoms with E-state index < -0.39 is 35.2 Å². The van der Waals surface area contributed by atoms with E-state index >= 15 is 0 Å². The van der Waals surface area contributed by atoms with Crippen molar-refractivity contribution in [3.63, 3.8) is 0 Å². The zero-order valence-electron chi connectivity index (χ0n) is 20.1. The summed E-state index contributed by atoms with van der Waals surface area (Å²) in [5.74, 6) is -1.49. The third-order valence-electron chi connectivity index (χ3n) is 6.65. The molecule has 2 amide bonds. The van der Waals surface area contributed by atoms with Crippen LogP contribution in [0.3, 0.4) is 0 Å². The van der Waals surface area contributed by atoms with Crippen molar-refractivity contribution in [3.8, 4) is 11.1 Å². The summed E-state index contributed by atoms with van der Waals surface area (Å²) in [7, 11) is 0. The first-order valence-corrected chi connectivity index (χ1v) is 11.7. The summed E-state index contributed by atoms with van der Waals surface area (Å²) in [6.45, 7) is 3.79. The summed E-state index contributed by atoms with van der Waals surface area (Å²) in [6, 6.07) is 15.6. The van der Waals surface area contributed by atoms with Crippen molar-refractivity contribution in [3.05, 3.63) is 95.3 Å². The summed E-state index contributed by atoms with van der Waals surface area (Å²) in [5, 5.41) is 2.72. The molecule has 0 spiro atoms. The largest absolute Gasteiger partial charge is 0.438 e. The lowest BCUT2D eigenvalue weighted by Gasteiger charge is -2.43. The fourth-order valence-corrected chi connectivity index (χ4v) is 4.57. The molecule has 0 radical (unpaired) electrons. The van der Waals surface area contributed by atoms with E-state index in [1.54, 1.807) is 31.2 Å². The number of hydrogen-bond acceptors (Lipinski definition) is 3. The van der Waals surface area contributed by atoms with Gasteiger partial charge in [0.15, 0.2) is 0 Å². The monoisotopic (exact) mass is 496 g/mol. The molecule has 36 heavy (non-hydrogen) atoms. The molecular formula is C28H27F3N2O3. The summed E-state index contributed by atoms with van der Waals surface area (Å²) in [4.78, 5) is 26.1. The van der Waals surface area contributed by atoms with Crippen LogP contribution in [0.15, 0.2) is 66.7 Å². The summed E-state index contributed by atoms with van der Waals surface area (Å²) >= 11 is 0. The van der Waals surface area contributed by atoms with Crippen molar-refractivity contribution in [2.45, 2.75) is 38.3 Å². The third-order valence-corrected chi connectivity index (χ3v) is 6.65. The van der Waals surface area contributed by atoms with E-state index in [1.165, 1.54) is 54.3 Å². The highest BCUT2D eigenvalue weighted by Crippen LogP contribution is 2.40. The van der Waals surface area contributed by atoms with Crippen molar-refractivity contribution in [2.75, 3.05) is 13.1 Å². The molecule has 5 nitrogen and oxygen atoms in total. The van der Waals surface area contributed by atoms with Gasteiger partial charge in [0.2, 0.25) is 5.91 Å². The molecule has 1 aliphatic rings. The van der Waals surface area contributed by atoms with Crippen LogP contribution in [0.1, 0.15) is 43.9 Å². The van der Waals surface area contributed by atoms with Crippen LogP contribution in [-0.4, -0.2) is 30.0 Å². The highest BCUT2D eigenvalue weighted by atomic mass is 19.1. The maximum atomic E-state index is 14.9. The minimum Gasteiger partial charge on any atom is -0.438 e. The van der Waals surface area contributed by atoms with Crippen LogP contribution in [0, 0.1) is 17.5 Å². The van der Waals surface area contributed by atoms with Crippen LogP contribution in [0.4, 0.5) is 18.0 Å². The molecular weight excluding hydrogens is 469 g/mol. The zero-order chi connectivity index (χ0) is 25.9. The number of hydrogen-bond donors (Lipinski definition) is 1. The van der Waals surface area contributed by atoms with E-state index in [0.29, 0.717) is 41.6 Å². The molecule has 1 aliphatic heterocycles. The van der Waals surface area contributed by atoms with Gasteiger partial charge in [0, 0.05) is 38.4 Å². The van der Waals surface area contributed by atoms with Gasteiger partial charge in [-0.2, -0.15) is 0 Å². The molecule has 2 atom stereocenters. The van der Waals surface area contributed by atoms with Gasteiger partial charge >= 0.3 is 6.09 Å². The normalized spacial score (nSPS) is 18.5. The Morgan fingerprint density at radius 3 is 2.25 bits per heavy atom. The van der Waals surface area contributed by atoms with Gasteiger partial charge in [-0.15, -0.1) is 0 Å². The van der Waals surface area contributed by atoms with Gasteiger partial charge < -0.3 is 15.0 Å². The minimum atomic E-state index is -1.03. The smallest absolute Gasteiger partial charge is 0.411 e. The van der Waals surface area contributed by atoms with Gasteiger partial charge in [0.1, 0.15) is 23.1 Å². The lowest BCUT2D eigenvalue weighted by atomic mass is 9.85. The SMILES string of the molecule is CC(=O)NCCC1(c2ccc(F)cc2)CCN([C@@H](C)c2ccc(-c3ccc(F)cc3)c(F)c2)C(=O)O1. The lowest BCUT2D eigenvalue weighted by Crippen LogP contribution is -2.49. The number of halogens is 3. The lowest BCUT2D eigenvalue weighted by molar-refractivity contribution is -0.119. The standard InChI is InChI=1S/C28H27F3N2O3/c1-18(21-5-12-25(26(31)17-21)20-3-8-23(29)9-4-20)33-16-14-28(36-27(33)35,13-15-32-19(2)34)22-6-10-24(30)11-7-22/h3-12,17-18H,13-16H2,1-2H3,(H,32,34)/t18-,28?/m0/s1. The predicted octanol–water partition coefficient (Wildman–Crippen LogP) is 6.10. The second-order valence-electron chi connectivity index (χ2n) is 8.97. The van der Waals surface area contributed by atoms with Crippen molar-refractivity contribution in [1.29, 1.82) is 0 Å². The first-order chi connectivity index (χ1) is 17.2. The highest BCUT2D eigenvalue weighted by molar-refractivity contribution is 5.73. The molecule has 8 heteroatoms. The Bertz CT molecular complexity index is 1250. The van der Waals surface area contributed by atoms with Crippen LogP contribution in [0.5, 0.6) is 0 Å². The molecule has 0 saturated carbocycles.